The predicted molar refractivity (Wildman–Crippen MR) is 365 cm³/mol. The van der Waals surface area contributed by atoms with Crippen molar-refractivity contribution in [1.82, 2.24) is 0 Å². The third-order valence-corrected chi connectivity index (χ3v) is 20.6. The molecule has 0 unspecified atom stereocenters. The van der Waals surface area contributed by atoms with Crippen LogP contribution in [0.4, 0.5) is 37.2 Å². The third-order valence-electron chi connectivity index (χ3n) is 11.8. The first-order chi connectivity index (χ1) is 39.8. The quantitative estimate of drug-likeness (QED) is 0.0856. The van der Waals surface area contributed by atoms with Crippen LogP contribution in [0.15, 0.2) is 181 Å². The molecule has 0 heterocycles. The minimum atomic E-state index is -0.549. The van der Waals surface area contributed by atoms with Crippen molar-refractivity contribution in [2.45, 2.75) is 29.4 Å². The monoisotopic (exact) mass is 1450 g/mol. The molecule has 10 aromatic carbocycles. The summed E-state index contributed by atoms with van der Waals surface area (Å²) in [6.45, 7) is 0. The topological polar surface area (TPSA) is 130 Å². The molecule has 24 heteroatoms. The van der Waals surface area contributed by atoms with Crippen LogP contribution in [0.1, 0.15) is 0 Å². The second kappa shape index (κ2) is 29.0. The highest BCUT2D eigenvalue weighted by molar-refractivity contribution is 8.00. The summed E-state index contributed by atoms with van der Waals surface area (Å²) in [4.78, 5) is 4.27. The zero-order valence-electron chi connectivity index (χ0n) is 42.1. The Morgan fingerprint density at radius 1 is 0.262 bits per heavy atom. The van der Waals surface area contributed by atoms with Gasteiger partial charge in [0.25, 0.3) is 0 Å². The molecule has 0 spiro atoms. The summed E-state index contributed by atoms with van der Waals surface area (Å²) in [5.74, 6) is -1.10. The number of nitrogen functional groups attached to an aromatic ring is 5. The van der Waals surface area contributed by atoms with Crippen LogP contribution in [0.2, 0.25) is 70.3 Å². The lowest BCUT2D eigenvalue weighted by atomic mass is 10.0. The van der Waals surface area contributed by atoms with Gasteiger partial charge >= 0.3 is 0 Å². The van der Waals surface area contributed by atoms with Gasteiger partial charge in [-0.1, -0.05) is 198 Å². The largest absolute Gasteiger partial charge is 0.399 e. The SMILES string of the molecule is Nc1cc(Cl)cc(-c2c(Cl)ccc(Sc3ccc(Cl)c(-c4cc(N)cc(Cl)c4)c3Cl)c2Cl)c1.Nc1ccc(-c2c(Cl)ccc(Sc3ccc(Cl)c(-c4ccc(N)cc4F)c3Cl)c2Cl)c(F)c1.Nc1ccc(Sc2ccc(Cl)cc2Cl)c(Cl)c1Cl. The lowest BCUT2D eigenvalue weighted by molar-refractivity contribution is 0.631. The predicted octanol–water partition coefficient (Wildman–Crippen LogP) is 25.5. The maximum atomic E-state index is 14.6. The minimum absolute atomic E-state index is 0.216. The molecule has 84 heavy (non-hydrogen) atoms. The molecule has 10 N–H and O–H groups in total. The average Bonchev–Trinajstić information content (AvgIpc) is 2.34. The molecule has 0 aromatic heterocycles. The summed E-state index contributed by atoms with van der Waals surface area (Å²) in [6, 6.07) is 41.5. The van der Waals surface area contributed by atoms with E-state index in [0.29, 0.717) is 99.3 Å². The van der Waals surface area contributed by atoms with E-state index in [1.54, 1.807) is 109 Å². The van der Waals surface area contributed by atoms with E-state index >= 15 is 0 Å². The van der Waals surface area contributed by atoms with Gasteiger partial charge in [-0.2, -0.15) is 0 Å². The van der Waals surface area contributed by atoms with Gasteiger partial charge in [0.05, 0.1) is 50.9 Å². The summed E-state index contributed by atoms with van der Waals surface area (Å²) in [5.41, 5.74) is 34.7. The molecule has 0 amide bonds. The van der Waals surface area contributed by atoms with Crippen LogP contribution in [0, 0.1) is 11.6 Å². The number of anilines is 5. The van der Waals surface area contributed by atoms with E-state index < -0.39 is 11.6 Å². The van der Waals surface area contributed by atoms with Crippen LogP contribution in [0.3, 0.4) is 0 Å². The summed E-state index contributed by atoms with van der Waals surface area (Å²) in [7, 11) is 0. The number of hydrogen-bond acceptors (Lipinski definition) is 8. The van der Waals surface area contributed by atoms with Gasteiger partial charge in [-0.3, -0.25) is 0 Å². The lowest BCUT2D eigenvalue weighted by Gasteiger charge is -2.15. The Balaban J connectivity index is 0.000000172. The Kier molecular flexibility index (Phi) is 22.8. The van der Waals surface area contributed by atoms with Gasteiger partial charge in [0.1, 0.15) is 11.6 Å². The average molecular weight is 1460 g/mol. The standard InChI is InChI=1S/C24H14Cl6N2S.C24H14Cl4F2N2S.C12H7Cl4NS/c25-13-5-11(7-15(31)9-13)21-17(27)1-3-19(23(21)29)33-20-4-2-18(28)22(24(20)30)12-6-14(26)10-16(32)8-12;25-15-5-7-19(23(27)21(15)13-3-1-11(31)9-17(13)29)33-20-8-6-16(26)22(24(20)28)14-4-2-12(32)10-18(14)30;13-6-1-3-9(7(14)5-6)18-10-4-2-8(17)11(15)12(10)16/h2*1-10H,31-32H2;1-5H,17H2. The maximum absolute atomic E-state index is 14.6. The van der Waals surface area contributed by atoms with Crippen molar-refractivity contribution in [2.75, 3.05) is 28.7 Å². The fraction of sp³-hybridized carbons (Fsp3) is 0. The van der Waals surface area contributed by atoms with Gasteiger partial charge in [0.2, 0.25) is 0 Å². The molecular formula is C60H35Cl14F2N5S3. The first-order valence-corrected chi connectivity index (χ1v) is 31.4. The zero-order chi connectivity index (χ0) is 61.0. The molecule has 0 radical (unpaired) electrons. The van der Waals surface area contributed by atoms with Gasteiger partial charge < -0.3 is 28.7 Å². The molecule has 0 saturated carbocycles. The number of hydrogen-bond donors (Lipinski definition) is 5. The van der Waals surface area contributed by atoms with Gasteiger partial charge in [-0.15, -0.1) is 0 Å². The highest BCUT2D eigenvalue weighted by atomic mass is 35.5. The van der Waals surface area contributed by atoms with Gasteiger partial charge in [0.15, 0.2) is 0 Å². The normalized spacial score (nSPS) is 11.0. The Bertz CT molecular complexity index is 3950. The number of rotatable bonds is 10. The molecule has 5 nitrogen and oxygen atoms in total. The van der Waals surface area contributed by atoms with E-state index in [-0.39, 0.29) is 42.6 Å². The van der Waals surface area contributed by atoms with Crippen LogP contribution in [0.5, 0.6) is 0 Å². The van der Waals surface area contributed by atoms with Crippen molar-refractivity contribution >= 4 is 226 Å². The zero-order valence-corrected chi connectivity index (χ0v) is 55.1. The summed E-state index contributed by atoms with van der Waals surface area (Å²) in [6.07, 6.45) is 0. The summed E-state index contributed by atoms with van der Waals surface area (Å²) >= 11 is 93.0. The minimum Gasteiger partial charge on any atom is -0.399 e. The Labute approximate surface area is 565 Å². The lowest BCUT2D eigenvalue weighted by Crippen LogP contribution is -1.93. The molecule has 0 saturated heterocycles. The van der Waals surface area contributed by atoms with E-state index in [1.165, 1.54) is 59.6 Å². The van der Waals surface area contributed by atoms with Crippen molar-refractivity contribution in [3.8, 4) is 44.5 Å². The number of benzene rings is 10. The van der Waals surface area contributed by atoms with Crippen molar-refractivity contribution in [3.63, 3.8) is 0 Å². The third kappa shape index (κ3) is 15.7. The highest BCUT2D eigenvalue weighted by Gasteiger charge is 2.23. The summed E-state index contributed by atoms with van der Waals surface area (Å²) in [5, 5.41) is 5.79. The molecule has 0 bridgehead atoms. The smallest absolute Gasteiger partial charge is 0.133 e. The summed E-state index contributed by atoms with van der Waals surface area (Å²) < 4.78 is 29.2. The van der Waals surface area contributed by atoms with Crippen LogP contribution in [-0.2, 0) is 0 Å². The van der Waals surface area contributed by atoms with Gasteiger partial charge in [-0.05, 0) is 163 Å². The number of nitrogens with two attached hydrogens (primary N) is 5. The molecule has 0 aliphatic heterocycles. The van der Waals surface area contributed by atoms with E-state index in [0.717, 1.165) is 30.7 Å². The second-order valence-corrected chi connectivity index (χ2v) is 26.5. The molecule has 0 aliphatic carbocycles. The van der Waals surface area contributed by atoms with Crippen molar-refractivity contribution < 1.29 is 8.78 Å². The van der Waals surface area contributed by atoms with Crippen LogP contribution >= 0.6 is 198 Å². The van der Waals surface area contributed by atoms with E-state index in [2.05, 4.69) is 0 Å². The van der Waals surface area contributed by atoms with E-state index in [1.807, 2.05) is 18.2 Å². The van der Waals surface area contributed by atoms with Gasteiger partial charge in [0, 0.05) is 111 Å². The van der Waals surface area contributed by atoms with Crippen molar-refractivity contribution in [1.29, 1.82) is 0 Å². The molecule has 430 valence electrons. The molecule has 10 aromatic rings. The number of halogens is 16. The van der Waals surface area contributed by atoms with Crippen molar-refractivity contribution in [2.24, 2.45) is 0 Å². The van der Waals surface area contributed by atoms with Crippen LogP contribution in [-0.4, -0.2) is 0 Å². The Morgan fingerprint density at radius 2 is 0.607 bits per heavy atom. The fourth-order valence-electron chi connectivity index (χ4n) is 7.99. The van der Waals surface area contributed by atoms with Crippen LogP contribution in [0.25, 0.3) is 44.5 Å². The molecule has 10 rings (SSSR count). The molecule has 0 fully saturated rings. The Hall–Kier alpha value is -3.83. The van der Waals surface area contributed by atoms with Gasteiger partial charge in [-0.25, -0.2) is 8.78 Å². The Morgan fingerprint density at radius 3 is 0.988 bits per heavy atom. The van der Waals surface area contributed by atoms with E-state index in [4.69, 9.17) is 191 Å². The first-order valence-electron chi connectivity index (χ1n) is 23.7. The molecule has 0 aliphatic rings. The van der Waals surface area contributed by atoms with E-state index in [9.17, 15) is 8.78 Å². The maximum Gasteiger partial charge on any atom is 0.133 e. The first kappa shape index (κ1) is 66.1. The molecular weight excluding hydrogens is 1420 g/mol. The second-order valence-electron chi connectivity index (χ2n) is 17.6. The highest BCUT2D eigenvalue weighted by Crippen LogP contribution is 2.51. The van der Waals surface area contributed by atoms with Crippen molar-refractivity contribution in [3.05, 3.63) is 234 Å². The molecule has 0 atom stereocenters. The fourth-order valence-corrected chi connectivity index (χ4v) is 14.9. The van der Waals surface area contributed by atoms with Crippen LogP contribution < -0.4 is 28.7 Å².